The first-order valence-corrected chi connectivity index (χ1v) is 10.3. The molecule has 0 radical (unpaired) electrons. The third-order valence-corrected chi connectivity index (χ3v) is 5.79. The Bertz CT molecular complexity index is 982. The van der Waals surface area contributed by atoms with Crippen molar-refractivity contribution in [1.29, 1.82) is 0 Å². The molecule has 1 unspecified atom stereocenters. The number of likely N-dealkylation sites (N-methyl/N-ethyl adjacent to an activating group) is 1. The van der Waals surface area contributed by atoms with Crippen molar-refractivity contribution in [2.75, 3.05) is 20.3 Å². The van der Waals surface area contributed by atoms with Gasteiger partial charge in [0.25, 0.3) is 5.91 Å². The number of esters is 1. The molecule has 8 heteroatoms. The van der Waals surface area contributed by atoms with Crippen molar-refractivity contribution >= 4 is 29.3 Å². The Kier molecular flexibility index (Phi) is 7.28. The number of Topliss-reactive ketones (excluding diaryl/α,β-unsaturated/α-hetero) is 1. The summed E-state index contributed by atoms with van der Waals surface area (Å²) in [7, 11) is 1.51. The van der Waals surface area contributed by atoms with E-state index in [1.807, 2.05) is 0 Å². The summed E-state index contributed by atoms with van der Waals surface area (Å²) in [4.78, 5) is 39.2. The van der Waals surface area contributed by atoms with E-state index in [1.165, 1.54) is 30.1 Å². The van der Waals surface area contributed by atoms with Crippen LogP contribution in [0.1, 0.15) is 31.2 Å². The van der Waals surface area contributed by atoms with Crippen molar-refractivity contribution in [2.24, 2.45) is 0 Å². The molecule has 0 aliphatic heterocycles. The number of hydrogen-bond acceptors (Lipinski definition) is 5. The average molecular weight is 448 g/mol. The standard InChI is InChI=1S/C23H23ClFNO5/c1-26(21(28)14-31-22(29)15-30-19-11-5-4-10-18(19)25)23(13-7-6-12-20(23)27)16-8-2-3-9-17(16)24/h2-5,8-11H,6-7,12-15H2,1H3. The largest absolute Gasteiger partial charge is 0.479 e. The van der Waals surface area contributed by atoms with Crippen molar-refractivity contribution in [2.45, 2.75) is 31.2 Å². The topological polar surface area (TPSA) is 72.9 Å². The molecule has 2 aromatic carbocycles. The van der Waals surface area contributed by atoms with Gasteiger partial charge in [0.15, 0.2) is 30.6 Å². The molecule has 6 nitrogen and oxygen atoms in total. The number of rotatable bonds is 7. The molecule has 0 aromatic heterocycles. The normalized spacial score (nSPS) is 18.4. The van der Waals surface area contributed by atoms with Crippen molar-refractivity contribution < 1.29 is 28.2 Å². The molecule has 0 spiro atoms. The number of carbonyl (C=O) groups is 3. The van der Waals surface area contributed by atoms with Gasteiger partial charge in [0.2, 0.25) is 0 Å². The van der Waals surface area contributed by atoms with Crippen LogP contribution in [-0.4, -0.2) is 42.8 Å². The van der Waals surface area contributed by atoms with Gasteiger partial charge in [-0.2, -0.15) is 0 Å². The van der Waals surface area contributed by atoms with Crippen LogP contribution in [0.25, 0.3) is 0 Å². The highest BCUT2D eigenvalue weighted by atomic mass is 35.5. The number of benzene rings is 2. The molecule has 2 aromatic rings. The van der Waals surface area contributed by atoms with E-state index in [9.17, 15) is 18.8 Å². The fourth-order valence-corrected chi connectivity index (χ4v) is 4.11. The van der Waals surface area contributed by atoms with Crippen LogP contribution in [0.4, 0.5) is 4.39 Å². The molecule has 1 saturated carbocycles. The number of carbonyl (C=O) groups excluding carboxylic acids is 3. The highest BCUT2D eigenvalue weighted by molar-refractivity contribution is 6.31. The molecular formula is C23H23ClFNO5. The monoisotopic (exact) mass is 447 g/mol. The highest BCUT2D eigenvalue weighted by Gasteiger charge is 2.47. The lowest BCUT2D eigenvalue weighted by molar-refractivity contribution is -0.158. The summed E-state index contributed by atoms with van der Waals surface area (Å²) in [6.07, 6.45) is 2.27. The van der Waals surface area contributed by atoms with Crippen LogP contribution < -0.4 is 4.74 Å². The van der Waals surface area contributed by atoms with Crippen LogP contribution in [0.3, 0.4) is 0 Å². The molecule has 1 aliphatic rings. The van der Waals surface area contributed by atoms with Crippen molar-refractivity contribution in [3.63, 3.8) is 0 Å². The number of nitrogens with zero attached hydrogens (tertiary/aromatic N) is 1. The Morgan fingerprint density at radius 2 is 1.81 bits per heavy atom. The van der Waals surface area contributed by atoms with E-state index in [4.69, 9.17) is 21.1 Å². The quantitative estimate of drug-likeness (QED) is 0.602. The zero-order valence-corrected chi connectivity index (χ0v) is 17.9. The van der Waals surface area contributed by atoms with Gasteiger partial charge in [-0.1, -0.05) is 41.9 Å². The van der Waals surface area contributed by atoms with Gasteiger partial charge in [0.05, 0.1) is 0 Å². The molecule has 0 heterocycles. The molecule has 3 rings (SSSR count). The predicted molar refractivity (Wildman–Crippen MR) is 112 cm³/mol. The number of halogens is 2. The second-order valence-electron chi connectivity index (χ2n) is 7.30. The number of ketones is 1. The van der Waals surface area contributed by atoms with Gasteiger partial charge in [-0.15, -0.1) is 0 Å². The van der Waals surface area contributed by atoms with Crippen LogP contribution in [0.2, 0.25) is 5.02 Å². The summed E-state index contributed by atoms with van der Waals surface area (Å²) in [6.45, 7) is -1.12. The number of hydrogen-bond donors (Lipinski definition) is 0. The number of amides is 1. The summed E-state index contributed by atoms with van der Waals surface area (Å²) in [5.41, 5.74) is -0.643. The fraction of sp³-hybridized carbons (Fsp3) is 0.348. The summed E-state index contributed by atoms with van der Waals surface area (Å²) in [6, 6.07) is 12.6. The van der Waals surface area contributed by atoms with Gasteiger partial charge in [0.1, 0.15) is 5.54 Å². The fourth-order valence-electron chi connectivity index (χ4n) is 3.82. The van der Waals surface area contributed by atoms with E-state index in [0.717, 1.165) is 12.8 Å². The van der Waals surface area contributed by atoms with E-state index in [1.54, 1.807) is 30.3 Å². The Morgan fingerprint density at radius 1 is 1.10 bits per heavy atom. The van der Waals surface area contributed by atoms with E-state index in [2.05, 4.69) is 0 Å². The van der Waals surface area contributed by atoms with E-state index >= 15 is 0 Å². The Labute approximate surface area is 184 Å². The smallest absolute Gasteiger partial charge is 0.344 e. The van der Waals surface area contributed by atoms with Gasteiger partial charge in [-0.05, 0) is 37.5 Å². The minimum Gasteiger partial charge on any atom is -0.479 e. The predicted octanol–water partition coefficient (Wildman–Crippen LogP) is 3.90. The maximum atomic E-state index is 13.6. The van der Waals surface area contributed by atoms with E-state index < -0.39 is 36.4 Å². The van der Waals surface area contributed by atoms with Gasteiger partial charge in [-0.25, -0.2) is 9.18 Å². The molecule has 0 saturated heterocycles. The summed E-state index contributed by atoms with van der Waals surface area (Å²) < 4.78 is 23.6. The van der Waals surface area contributed by atoms with Crippen molar-refractivity contribution in [1.82, 2.24) is 4.90 Å². The maximum Gasteiger partial charge on any atom is 0.344 e. The van der Waals surface area contributed by atoms with Crippen LogP contribution in [0.15, 0.2) is 48.5 Å². The molecule has 1 aliphatic carbocycles. The van der Waals surface area contributed by atoms with Crippen LogP contribution in [0.5, 0.6) is 5.75 Å². The first-order chi connectivity index (χ1) is 14.9. The highest BCUT2D eigenvalue weighted by Crippen LogP contribution is 2.42. The number of para-hydroxylation sites is 1. The lowest BCUT2D eigenvalue weighted by Crippen LogP contribution is -2.55. The van der Waals surface area contributed by atoms with Crippen molar-refractivity contribution in [3.05, 3.63) is 64.9 Å². The summed E-state index contributed by atoms with van der Waals surface area (Å²) >= 11 is 6.38. The molecule has 31 heavy (non-hydrogen) atoms. The second-order valence-corrected chi connectivity index (χ2v) is 7.71. The first-order valence-electron chi connectivity index (χ1n) is 9.94. The summed E-state index contributed by atoms with van der Waals surface area (Å²) in [5.74, 6) is -2.17. The first kappa shape index (κ1) is 22.7. The van der Waals surface area contributed by atoms with Gasteiger partial charge < -0.3 is 14.4 Å². The zero-order chi connectivity index (χ0) is 22.4. The van der Waals surface area contributed by atoms with Gasteiger partial charge in [0, 0.05) is 24.1 Å². The molecule has 1 atom stereocenters. The molecular weight excluding hydrogens is 425 g/mol. The Balaban J connectivity index is 1.68. The second kappa shape index (κ2) is 9.92. The summed E-state index contributed by atoms with van der Waals surface area (Å²) in [5, 5.41) is 0.396. The van der Waals surface area contributed by atoms with Gasteiger partial charge in [-0.3, -0.25) is 9.59 Å². The lowest BCUT2D eigenvalue weighted by atomic mass is 9.74. The average Bonchev–Trinajstić information content (AvgIpc) is 2.77. The van der Waals surface area contributed by atoms with Crippen LogP contribution >= 0.6 is 11.6 Å². The zero-order valence-electron chi connectivity index (χ0n) is 17.1. The van der Waals surface area contributed by atoms with Crippen LogP contribution in [-0.2, 0) is 24.7 Å². The van der Waals surface area contributed by atoms with Crippen molar-refractivity contribution in [3.8, 4) is 5.75 Å². The third kappa shape index (κ3) is 4.88. The SMILES string of the molecule is CN(C(=O)COC(=O)COc1ccccc1F)C1(c2ccccc2Cl)CCCCC1=O. The minimum absolute atomic E-state index is 0.0895. The molecule has 0 N–H and O–H groups in total. The molecule has 164 valence electrons. The van der Waals surface area contributed by atoms with E-state index in [0.29, 0.717) is 23.4 Å². The molecule has 0 bridgehead atoms. The lowest BCUT2D eigenvalue weighted by Gasteiger charge is -2.43. The van der Waals surface area contributed by atoms with E-state index in [-0.39, 0.29) is 11.5 Å². The van der Waals surface area contributed by atoms with Gasteiger partial charge >= 0.3 is 5.97 Å². The van der Waals surface area contributed by atoms with Crippen LogP contribution in [0, 0.1) is 5.82 Å². The number of ether oxygens (including phenoxy) is 2. The molecule has 1 fully saturated rings. The minimum atomic E-state index is -1.20. The molecule has 1 amide bonds. The maximum absolute atomic E-state index is 13.6. The Hall–Kier alpha value is -2.93. The Morgan fingerprint density at radius 3 is 2.52 bits per heavy atom. The third-order valence-electron chi connectivity index (χ3n) is 5.46.